The minimum Gasteiger partial charge on any atom is -0.497 e. The van der Waals surface area contributed by atoms with E-state index in [2.05, 4.69) is 4.98 Å². The number of thioether (sulfide) groups is 1. The van der Waals surface area contributed by atoms with Crippen molar-refractivity contribution in [3.05, 3.63) is 59.3 Å². The van der Waals surface area contributed by atoms with Crippen LogP contribution in [0.3, 0.4) is 0 Å². The van der Waals surface area contributed by atoms with Crippen molar-refractivity contribution in [2.45, 2.75) is 0 Å². The van der Waals surface area contributed by atoms with E-state index < -0.39 is 0 Å². The Hall–Kier alpha value is -2.18. The zero-order valence-electron chi connectivity index (χ0n) is 11.8. The van der Waals surface area contributed by atoms with Crippen LogP contribution in [0.5, 0.6) is 5.75 Å². The number of aromatic amines is 1. The average molecular weight is 329 g/mol. The van der Waals surface area contributed by atoms with E-state index in [1.54, 1.807) is 19.5 Å². The number of anilines is 1. The summed E-state index contributed by atoms with van der Waals surface area (Å²) in [6, 6.07) is 11.2. The van der Waals surface area contributed by atoms with Gasteiger partial charge < -0.3 is 4.74 Å². The van der Waals surface area contributed by atoms with Gasteiger partial charge in [-0.3, -0.25) is 9.69 Å². The van der Waals surface area contributed by atoms with Gasteiger partial charge in [-0.05, 0) is 29.8 Å². The van der Waals surface area contributed by atoms with Gasteiger partial charge in [-0.2, -0.15) is 0 Å². The fourth-order valence-corrected chi connectivity index (χ4v) is 3.36. The van der Waals surface area contributed by atoms with E-state index in [4.69, 9.17) is 17.0 Å². The molecule has 1 aromatic carbocycles. The summed E-state index contributed by atoms with van der Waals surface area (Å²) < 4.78 is 5.66. The van der Waals surface area contributed by atoms with Crippen LogP contribution in [0.25, 0.3) is 6.08 Å². The zero-order valence-corrected chi connectivity index (χ0v) is 13.4. The minimum atomic E-state index is -0.106. The Morgan fingerprint density at radius 1 is 1.27 bits per heavy atom. The van der Waals surface area contributed by atoms with E-state index in [0.29, 0.717) is 9.23 Å². The maximum Gasteiger partial charge on any atom is 0.270 e. The molecule has 1 fully saturated rings. The Morgan fingerprint density at radius 2 is 2.05 bits per heavy atom. The summed E-state index contributed by atoms with van der Waals surface area (Å²) in [5.74, 6) is 0.676. The van der Waals surface area contributed by atoms with Crippen LogP contribution in [0.15, 0.2) is 53.7 Å². The SMILES string of the molecule is COc1ccc(C=C2SC(=S)N(c3ccc[nH+]c3)C2=O)cc1. The molecule has 0 aliphatic carbocycles. The predicted octanol–water partition coefficient (Wildman–Crippen LogP) is 2.92. The normalized spacial score (nSPS) is 16.4. The van der Waals surface area contributed by atoms with Gasteiger partial charge in [-0.15, -0.1) is 0 Å². The molecule has 1 aliphatic heterocycles. The van der Waals surface area contributed by atoms with Crippen LogP contribution in [0.4, 0.5) is 5.69 Å². The zero-order chi connectivity index (χ0) is 15.5. The molecule has 1 amide bonds. The number of carbonyl (C=O) groups is 1. The molecule has 0 saturated carbocycles. The van der Waals surface area contributed by atoms with Gasteiger partial charge >= 0.3 is 0 Å². The van der Waals surface area contributed by atoms with Gasteiger partial charge in [-0.25, -0.2) is 4.98 Å². The lowest BCUT2D eigenvalue weighted by Gasteiger charge is -2.11. The third kappa shape index (κ3) is 2.88. The van der Waals surface area contributed by atoms with Gasteiger partial charge in [0.05, 0.1) is 12.0 Å². The number of thiocarbonyl (C=S) groups is 1. The molecule has 2 aromatic rings. The number of benzene rings is 1. The lowest BCUT2D eigenvalue weighted by Crippen LogP contribution is -2.28. The number of pyridine rings is 1. The molecule has 3 rings (SSSR count). The first kappa shape index (κ1) is 14.7. The number of methoxy groups -OCH3 is 1. The molecule has 2 heterocycles. The molecule has 6 heteroatoms. The molecule has 4 nitrogen and oxygen atoms in total. The van der Waals surface area contributed by atoms with E-state index in [0.717, 1.165) is 17.0 Å². The van der Waals surface area contributed by atoms with Crippen LogP contribution >= 0.6 is 24.0 Å². The molecular formula is C16H13N2O2S2+. The number of carbonyl (C=O) groups excluding carboxylic acids is 1. The summed E-state index contributed by atoms with van der Waals surface area (Å²) in [6.07, 6.45) is 5.38. The Morgan fingerprint density at radius 3 is 2.68 bits per heavy atom. The quantitative estimate of drug-likeness (QED) is 0.641. The molecule has 1 saturated heterocycles. The van der Waals surface area contributed by atoms with Crippen LogP contribution in [-0.4, -0.2) is 17.3 Å². The molecule has 0 unspecified atom stereocenters. The second-order valence-electron chi connectivity index (χ2n) is 4.55. The van der Waals surface area contributed by atoms with Crippen LogP contribution in [0.1, 0.15) is 5.56 Å². The van der Waals surface area contributed by atoms with Crippen LogP contribution < -0.4 is 14.6 Å². The maximum atomic E-state index is 12.6. The highest BCUT2D eigenvalue weighted by atomic mass is 32.2. The lowest BCUT2D eigenvalue weighted by molar-refractivity contribution is -0.377. The fraction of sp³-hybridized carbons (Fsp3) is 0.0625. The van der Waals surface area contributed by atoms with E-state index in [1.165, 1.54) is 16.7 Å². The van der Waals surface area contributed by atoms with Crippen LogP contribution in [-0.2, 0) is 4.79 Å². The highest BCUT2D eigenvalue weighted by Crippen LogP contribution is 2.35. The van der Waals surface area contributed by atoms with Crippen molar-refractivity contribution >= 4 is 46.0 Å². The third-order valence-electron chi connectivity index (χ3n) is 3.16. The van der Waals surface area contributed by atoms with Gasteiger partial charge in [0.15, 0.2) is 16.7 Å². The van der Waals surface area contributed by atoms with Gasteiger partial charge in [0.1, 0.15) is 11.4 Å². The number of hydrogen-bond donors (Lipinski definition) is 0. The van der Waals surface area contributed by atoms with Gasteiger partial charge in [0.2, 0.25) is 0 Å². The second-order valence-corrected chi connectivity index (χ2v) is 6.23. The maximum absolute atomic E-state index is 12.6. The lowest BCUT2D eigenvalue weighted by atomic mass is 10.2. The van der Waals surface area contributed by atoms with Crippen LogP contribution in [0, 0.1) is 0 Å². The molecule has 0 radical (unpaired) electrons. The minimum absolute atomic E-state index is 0.106. The first-order valence-electron chi connectivity index (χ1n) is 6.57. The van der Waals surface area contributed by atoms with Gasteiger partial charge in [0.25, 0.3) is 5.91 Å². The summed E-state index contributed by atoms with van der Waals surface area (Å²) in [6.45, 7) is 0. The smallest absolute Gasteiger partial charge is 0.270 e. The summed E-state index contributed by atoms with van der Waals surface area (Å²) in [7, 11) is 1.62. The van der Waals surface area contributed by atoms with Gasteiger partial charge in [0, 0.05) is 6.07 Å². The van der Waals surface area contributed by atoms with Crippen molar-refractivity contribution in [2.75, 3.05) is 12.0 Å². The summed E-state index contributed by atoms with van der Waals surface area (Å²) in [5, 5.41) is 0. The number of aromatic nitrogens is 1. The molecule has 0 atom stereocenters. The highest BCUT2D eigenvalue weighted by molar-refractivity contribution is 8.27. The molecule has 1 aliphatic rings. The Balaban J connectivity index is 1.88. The molecular weight excluding hydrogens is 316 g/mol. The molecule has 0 bridgehead atoms. The molecule has 1 N–H and O–H groups in total. The molecule has 1 aromatic heterocycles. The van der Waals surface area contributed by atoms with Crippen molar-refractivity contribution in [3.63, 3.8) is 0 Å². The molecule has 22 heavy (non-hydrogen) atoms. The first-order chi connectivity index (χ1) is 10.7. The number of hydrogen-bond acceptors (Lipinski definition) is 4. The predicted molar refractivity (Wildman–Crippen MR) is 91.6 cm³/mol. The Bertz CT molecular complexity index is 743. The number of nitrogens with zero attached hydrogens (tertiary/aromatic N) is 1. The summed E-state index contributed by atoms with van der Waals surface area (Å²) in [4.78, 5) is 17.7. The topological polar surface area (TPSA) is 43.7 Å². The van der Waals surface area contributed by atoms with Crippen molar-refractivity contribution < 1.29 is 14.5 Å². The van der Waals surface area contributed by atoms with Crippen molar-refractivity contribution in [1.82, 2.24) is 0 Å². The Kier molecular flexibility index (Phi) is 4.22. The number of H-pyrrole nitrogens is 1. The van der Waals surface area contributed by atoms with Crippen LogP contribution in [0.2, 0.25) is 0 Å². The van der Waals surface area contributed by atoms with E-state index in [1.807, 2.05) is 42.5 Å². The summed E-state index contributed by atoms with van der Waals surface area (Å²) >= 11 is 6.63. The molecule has 0 spiro atoms. The van der Waals surface area contributed by atoms with Crippen molar-refractivity contribution in [1.29, 1.82) is 0 Å². The standard InChI is InChI=1S/C16H12N2O2S2/c1-20-13-6-4-11(5-7-13)9-14-15(19)18(16(21)22-14)12-3-2-8-17-10-12/h2-10H,1H3/p+1. The molecule has 110 valence electrons. The highest BCUT2D eigenvalue weighted by Gasteiger charge is 2.34. The number of rotatable bonds is 3. The fourth-order valence-electron chi connectivity index (χ4n) is 2.06. The largest absolute Gasteiger partial charge is 0.497 e. The first-order valence-corrected chi connectivity index (χ1v) is 7.79. The number of ether oxygens (including phenoxy) is 1. The third-order valence-corrected chi connectivity index (χ3v) is 4.46. The van der Waals surface area contributed by atoms with E-state index in [-0.39, 0.29) is 5.91 Å². The van der Waals surface area contributed by atoms with E-state index in [9.17, 15) is 4.79 Å². The number of nitrogens with one attached hydrogen (secondary N) is 1. The van der Waals surface area contributed by atoms with Crippen molar-refractivity contribution in [2.24, 2.45) is 0 Å². The Labute approximate surface area is 137 Å². The second kappa shape index (κ2) is 6.29. The van der Waals surface area contributed by atoms with E-state index >= 15 is 0 Å². The summed E-state index contributed by atoms with van der Waals surface area (Å²) in [5.41, 5.74) is 1.67. The number of amides is 1. The van der Waals surface area contributed by atoms with Gasteiger partial charge in [-0.1, -0.05) is 36.1 Å². The van der Waals surface area contributed by atoms with Crippen molar-refractivity contribution in [3.8, 4) is 5.75 Å². The monoisotopic (exact) mass is 329 g/mol. The average Bonchev–Trinajstić information content (AvgIpc) is 2.83.